The monoisotopic (exact) mass is 438 g/mol. The van der Waals surface area contributed by atoms with Crippen LogP contribution in [-0.2, 0) is 12.0 Å². The Morgan fingerprint density at radius 1 is 1.03 bits per heavy atom. The van der Waals surface area contributed by atoms with Crippen molar-refractivity contribution in [3.05, 3.63) is 65.2 Å². The predicted octanol–water partition coefficient (Wildman–Crippen LogP) is 4.07. The van der Waals surface area contributed by atoms with Gasteiger partial charge in [-0.3, -0.25) is 9.79 Å². The largest absolute Gasteiger partial charge is 0.493 e. The van der Waals surface area contributed by atoms with Gasteiger partial charge in [0.1, 0.15) is 5.75 Å². The summed E-state index contributed by atoms with van der Waals surface area (Å²) in [4.78, 5) is 17.9. The van der Waals surface area contributed by atoms with Crippen LogP contribution in [0.2, 0.25) is 0 Å². The normalized spacial score (nSPS) is 11.9. The molecular weight excluding hydrogens is 400 g/mol. The van der Waals surface area contributed by atoms with Crippen LogP contribution in [0.4, 0.5) is 0 Å². The summed E-state index contributed by atoms with van der Waals surface area (Å²) in [6.07, 6.45) is 0. The highest BCUT2D eigenvalue weighted by atomic mass is 16.5. The van der Waals surface area contributed by atoms with Gasteiger partial charge < -0.3 is 20.3 Å². The second-order valence-corrected chi connectivity index (χ2v) is 9.29. The minimum absolute atomic E-state index is 0.00346. The molecular formula is C26H38N4O2. The second kappa shape index (κ2) is 11.6. The maximum absolute atomic E-state index is 12.0. The van der Waals surface area contributed by atoms with Gasteiger partial charge in [-0.25, -0.2) is 0 Å². The third-order valence-electron chi connectivity index (χ3n) is 5.21. The number of hydrogen-bond donors (Lipinski definition) is 2. The zero-order valence-electron chi connectivity index (χ0n) is 20.5. The lowest BCUT2D eigenvalue weighted by molar-refractivity contribution is 0.0827. The Labute approximate surface area is 193 Å². The van der Waals surface area contributed by atoms with Crippen molar-refractivity contribution < 1.29 is 9.53 Å². The summed E-state index contributed by atoms with van der Waals surface area (Å²) in [6, 6.07) is 16.0. The van der Waals surface area contributed by atoms with E-state index in [4.69, 9.17) is 4.74 Å². The maximum Gasteiger partial charge on any atom is 0.253 e. The third kappa shape index (κ3) is 7.59. The van der Waals surface area contributed by atoms with E-state index < -0.39 is 0 Å². The minimum atomic E-state index is -0.0810. The van der Waals surface area contributed by atoms with Crippen LogP contribution in [0.3, 0.4) is 0 Å². The Morgan fingerprint density at radius 3 is 2.19 bits per heavy atom. The highest BCUT2D eigenvalue weighted by Crippen LogP contribution is 2.25. The molecule has 2 rings (SSSR count). The molecule has 0 aliphatic heterocycles. The van der Waals surface area contributed by atoms with Crippen LogP contribution in [0.15, 0.2) is 53.5 Å². The summed E-state index contributed by atoms with van der Waals surface area (Å²) in [5, 5.41) is 6.77. The molecule has 1 amide bonds. The molecule has 0 fully saturated rings. The predicted molar refractivity (Wildman–Crippen MR) is 132 cm³/mol. The van der Waals surface area contributed by atoms with Gasteiger partial charge in [-0.1, -0.05) is 52.0 Å². The molecule has 0 spiro atoms. The first-order chi connectivity index (χ1) is 15.1. The standard InChI is InChI=1S/C26H38N4O2/c1-19(2)17-32-23-14-12-22(13-15-23)26(3,4)18-29-25(27-5)28-16-20-8-10-21(11-9-20)24(31)30(6)7/h8-15,19H,16-18H2,1-7H3,(H2,27,28,29). The van der Waals surface area contributed by atoms with Gasteiger partial charge in [0.25, 0.3) is 5.91 Å². The van der Waals surface area contributed by atoms with E-state index in [0.29, 0.717) is 18.0 Å². The first-order valence-electron chi connectivity index (χ1n) is 11.1. The van der Waals surface area contributed by atoms with Crippen LogP contribution in [0.1, 0.15) is 49.2 Å². The summed E-state index contributed by atoms with van der Waals surface area (Å²) in [5.41, 5.74) is 2.92. The number of carbonyl (C=O) groups is 1. The molecule has 0 aliphatic rings. The van der Waals surface area contributed by atoms with Crippen molar-refractivity contribution in [1.82, 2.24) is 15.5 Å². The molecule has 0 radical (unpaired) electrons. The molecule has 0 aliphatic carbocycles. The molecule has 0 aromatic heterocycles. The van der Waals surface area contributed by atoms with Crippen molar-refractivity contribution in [2.75, 3.05) is 34.3 Å². The summed E-state index contributed by atoms with van der Waals surface area (Å²) < 4.78 is 5.79. The topological polar surface area (TPSA) is 66.0 Å². The van der Waals surface area contributed by atoms with E-state index in [9.17, 15) is 4.79 Å². The highest BCUT2D eigenvalue weighted by Gasteiger charge is 2.21. The molecule has 0 saturated heterocycles. The highest BCUT2D eigenvalue weighted by molar-refractivity contribution is 5.93. The molecule has 32 heavy (non-hydrogen) atoms. The van der Waals surface area contributed by atoms with Crippen LogP contribution in [0.5, 0.6) is 5.75 Å². The molecule has 0 bridgehead atoms. The fraction of sp³-hybridized carbons (Fsp3) is 0.462. The van der Waals surface area contributed by atoms with E-state index in [0.717, 1.165) is 30.4 Å². The average molecular weight is 439 g/mol. The van der Waals surface area contributed by atoms with Crippen LogP contribution < -0.4 is 15.4 Å². The zero-order chi connectivity index (χ0) is 23.7. The molecule has 2 aromatic rings. The summed E-state index contributed by atoms with van der Waals surface area (Å²) >= 11 is 0. The Balaban J connectivity index is 1.88. The van der Waals surface area contributed by atoms with Crippen LogP contribution >= 0.6 is 0 Å². The number of guanidine groups is 1. The van der Waals surface area contributed by atoms with Crippen molar-refractivity contribution in [1.29, 1.82) is 0 Å². The lowest BCUT2D eigenvalue weighted by Gasteiger charge is -2.27. The van der Waals surface area contributed by atoms with Gasteiger partial charge in [-0.2, -0.15) is 0 Å². The van der Waals surface area contributed by atoms with Crippen molar-refractivity contribution in [2.24, 2.45) is 10.9 Å². The fourth-order valence-corrected chi connectivity index (χ4v) is 3.10. The molecule has 2 aromatic carbocycles. The average Bonchev–Trinajstić information content (AvgIpc) is 2.78. The van der Waals surface area contributed by atoms with Gasteiger partial charge >= 0.3 is 0 Å². The molecule has 6 nitrogen and oxygen atoms in total. The van der Waals surface area contributed by atoms with Crippen molar-refractivity contribution >= 4 is 11.9 Å². The fourth-order valence-electron chi connectivity index (χ4n) is 3.10. The van der Waals surface area contributed by atoms with Crippen molar-refractivity contribution in [3.8, 4) is 5.75 Å². The number of benzene rings is 2. The molecule has 6 heteroatoms. The zero-order valence-corrected chi connectivity index (χ0v) is 20.5. The van der Waals surface area contributed by atoms with E-state index in [2.05, 4.69) is 55.5 Å². The quantitative estimate of drug-likeness (QED) is 0.458. The van der Waals surface area contributed by atoms with Gasteiger partial charge in [0.2, 0.25) is 0 Å². The summed E-state index contributed by atoms with van der Waals surface area (Å²) in [7, 11) is 5.27. The Morgan fingerprint density at radius 2 is 1.66 bits per heavy atom. The molecule has 174 valence electrons. The van der Waals surface area contributed by atoms with Gasteiger partial charge in [-0.05, 0) is 41.3 Å². The number of aliphatic imine (C=N–C) groups is 1. The van der Waals surface area contributed by atoms with Crippen LogP contribution in [0.25, 0.3) is 0 Å². The summed E-state index contributed by atoms with van der Waals surface area (Å²) in [6.45, 7) is 10.8. The third-order valence-corrected chi connectivity index (χ3v) is 5.21. The van der Waals surface area contributed by atoms with Crippen molar-refractivity contribution in [3.63, 3.8) is 0 Å². The number of hydrogen-bond acceptors (Lipinski definition) is 3. The van der Waals surface area contributed by atoms with Gasteiger partial charge in [-0.15, -0.1) is 0 Å². The van der Waals surface area contributed by atoms with Crippen LogP contribution in [-0.4, -0.2) is 51.1 Å². The minimum Gasteiger partial charge on any atom is -0.493 e. The van der Waals surface area contributed by atoms with Gasteiger partial charge in [0.15, 0.2) is 5.96 Å². The number of amides is 1. The van der Waals surface area contributed by atoms with E-state index in [-0.39, 0.29) is 11.3 Å². The molecule has 0 heterocycles. The van der Waals surface area contributed by atoms with E-state index in [1.165, 1.54) is 5.56 Å². The number of carbonyl (C=O) groups excluding carboxylic acids is 1. The number of nitrogens with zero attached hydrogens (tertiary/aromatic N) is 2. The Kier molecular flexibility index (Phi) is 9.12. The Bertz CT molecular complexity index is 885. The second-order valence-electron chi connectivity index (χ2n) is 9.29. The SMILES string of the molecule is CN=C(NCc1ccc(C(=O)N(C)C)cc1)NCC(C)(C)c1ccc(OCC(C)C)cc1. The van der Waals surface area contributed by atoms with E-state index in [1.807, 2.05) is 36.4 Å². The first kappa shape index (κ1) is 25.2. The van der Waals surface area contributed by atoms with Gasteiger partial charge in [0.05, 0.1) is 6.61 Å². The van der Waals surface area contributed by atoms with Crippen molar-refractivity contribution in [2.45, 2.75) is 39.7 Å². The molecule has 0 saturated carbocycles. The number of ether oxygens (including phenoxy) is 1. The smallest absolute Gasteiger partial charge is 0.253 e. The number of rotatable bonds is 9. The molecule has 0 unspecified atom stereocenters. The van der Waals surface area contributed by atoms with E-state index in [1.54, 1.807) is 26.0 Å². The van der Waals surface area contributed by atoms with E-state index >= 15 is 0 Å². The number of nitrogens with one attached hydrogen (secondary N) is 2. The maximum atomic E-state index is 12.0. The summed E-state index contributed by atoms with van der Waals surface area (Å²) in [5.74, 6) is 2.15. The Hall–Kier alpha value is -3.02. The van der Waals surface area contributed by atoms with Crippen LogP contribution in [0, 0.1) is 5.92 Å². The molecule has 2 N–H and O–H groups in total. The molecule has 0 atom stereocenters. The van der Waals surface area contributed by atoms with Gasteiger partial charge in [0, 0.05) is 45.2 Å². The lowest BCUT2D eigenvalue weighted by atomic mass is 9.84. The lowest BCUT2D eigenvalue weighted by Crippen LogP contribution is -2.43. The first-order valence-corrected chi connectivity index (χ1v) is 11.1.